The molecule has 0 amide bonds. The average Bonchev–Trinajstić information content (AvgIpc) is 2.56. The third-order valence-electron chi connectivity index (χ3n) is 5.69. The lowest BCUT2D eigenvalue weighted by molar-refractivity contribution is -0.176. The summed E-state index contributed by atoms with van der Waals surface area (Å²) in [6.45, 7) is 2.22. The second kappa shape index (κ2) is 3.00. The average molecular weight is 224 g/mol. The zero-order chi connectivity index (χ0) is 11.6. The highest BCUT2D eigenvalue weighted by Crippen LogP contribution is 2.68. The zero-order valence-electron chi connectivity index (χ0n) is 10.0. The first-order chi connectivity index (χ1) is 7.55. The molecule has 3 saturated carbocycles. The summed E-state index contributed by atoms with van der Waals surface area (Å²) in [5.74, 6) is 1.35. The first kappa shape index (κ1) is 10.6. The lowest BCUT2D eigenvalue weighted by Gasteiger charge is -2.43. The van der Waals surface area contributed by atoms with Gasteiger partial charge in [0.15, 0.2) is 0 Å². The normalized spacial score (nSPS) is 54.1. The van der Waals surface area contributed by atoms with E-state index in [1.54, 1.807) is 0 Å². The predicted molar refractivity (Wildman–Crippen MR) is 58.6 cm³/mol. The molecule has 3 aliphatic rings. The molecule has 3 aliphatic carbocycles. The van der Waals surface area contributed by atoms with Crippen LogP contribution < -0.4 is 0 Å². The molecule has 0 aromatic carbocycles. The monoisotopic (exact) mass is 224 g/mol. The van der Waals surface area contributed by atoms with Gasteiger partial charge in [0.25, 0.3) is 0 Å². The molecule has 0 unspecified atom stereocenters. The number of hydrogen-bond donors (Lipinski definition) is 1. The standard InChI is InChI=1S/C13H20O3/c1-8-7-13(15)10-4-6-12(13,11(14)16-2)5-3-9(8)10/h8-10,15H,3-7H2,1-2H3/t8-,9+,10+,12+,13+/m0/s1. The van der Waals surface area contributed by atoms with Crippen molar-refractivity contribution < 1.29 is 14.6 Å². The molecule has 4 bridgehead atoms. The van der Waals surface area contributed by atoms with E-state index < -0.39 is 11.0 Å². The maximum absolute atomic E-state index is 12.1. The summed E-state index contributed by atoms with van der Waals surface area (Å²) in [7, 11) is 1.44. The van der Waals surface area contributed by atoms with Crippen molar-refractivity contribution in [3.63, 3.8) is 0 Å². The van der Waals surface area contributed by atoms with E-state index in [2.05, 4.69) is 6.92 Å². The smallest absolute Gasteiger partial charge is 0.314 e. The second-order valence-electron chi connectivity index (χ2n) is 6.03. The maximum Gasteiger partial charge on any atom is 0.314 e. The predicted octanol–water partition coefficient (Wildman–Crippen LogP) is 1.74. The Bertz CT molecular complexity index is 340. The van der Waals surface area contributed by atoms with Gasteiger partial charge in [-0.2, -0.15) is 0 Å². The van der Waals surface area contributed by atoms with Crippen LogP contribution in [0.5, 0.6) is 0 Å². The Morgan fingerprint density at radius 3 is 2.75 bits per heavy atom. The number of carbonyl (C=O) groups excluding carboxylic acids is 1. The summed E-state index contributed by atoms with van der Waals surface area (Å²) in [6, 6.07) is 0. The van der Waals surface area contributed by atoms with Gasteiger partial charge < -0.3 is 9.84 Å². The molecule has 3 fully saturated rings. The molecule has 16 heavy (non-hydrogen) atoms. The Balaban J connectivity index is 2.06. The maximum atomic E-state index is 12.1. The van der Waals surface area contributed by atoms with Crippen LogP contribution in [0.2, 0.25) is 0 Å². The molecule has 0 aliphatic heterocycles. The summed E-state index contributed by atoms with van der Waals surface area (Å²) in [6.07, 6.45) is 4.52. The fourth-order valence-electron chi connectivity index (χ4n) is 4.98. The molecule has 90 valence electrons. The number of methoxy groups -OCH3 is 1. The molecule has 1 N–H and O–H groups in total. The van der Waals surface area contributed by atoms with Crippen molar-refractivity contribution in [3.05, 3.63) is 0 Å². The Labute approximate surface area is 96.2 Å². The SMILES string of the molecule is COC(=O)[C@@]12CC[C@H]3[C@@H](CC1)[C@]2(O)C[C@@H]3C. The minimum absolute atomic E-state index is 0.176. The Hall–Kier alpha value is -0.570. The van der Waals surface area contributed by atoms with Crippen LogP contribution in [0.15, 0.2) is 0 Å². The van der Waals surface area contributed by atoms with E-state index >= 15 is 0 Å². The van der Waals surface area contributed by atoms with E-state index in [1.165, 1.54) is 7.11 Å². The highest BCUT2D eigenvalue weighted by Gasteiger charge is 2.71. The largest absolute Gasteiger partial charge is 0.469 e. The number of aliphatic hydroxyl groups is 1. The van der Waals surface area contributed by atoms with Crippen molar-refractivity contribution in [2.24, 2.45) is 23.2 Å². The number of hydrogen-bond acceptors (Lipinski definition) is 3. The molecule has 5 atom stereocenters. The van der Waals surface area contributed by atoms with Crippen LogP contribution in [0.1, 0.15) is 39.0 Å². The molecule has 0 spiro atoms. The molecule has 3 heteroatoms. The molecule has 0 heterocycles. The lowest BCUT2D eigenvalue weighted by Crippen LogP contribution is -2.53. The van der Waals surface area contributed by atoms with E-state index in [0.29, 0.717) is 17.8 Å². The summed E-state index contributed by atoms with van der Waals surface area (Å²) in [5.41, 5.74) is -1.34. The fraction of sp³-hybridized carbons (Fsp3) is 0.923. The van der Waals surface area contributed by atoms with Crippen molar-refractivity contribution in [1.82, 2.24) is 0 Å². The van der Waals surface area contributed by atoms with Crippen LogP contribution in [0.25, 0.3) is 0 Å². The van der Waals surface area contributed by atoms with Crippen molar-refractivity contribution in [3.8, 4) is 0 Å². The van der Waals surface area contributed by atoms with Crippen LogP contribution in [-0.4, -0.2) is 23.8 Å². The first-order valence-corrected chi connectivity index (χ1v) is 6.36. The van der Waals surface area contributed by atoms with E-state index in [-0.39, 0.29) is 5.97 Å². The number of carbonyl (C=O) groups is 1. The molecule has 3 rings (SSSR count). The quantitative estimate of drug-likeness (QED) is 0.690. The van der Waals surface area contributed by atoms with Crippen molar-refractivity contribution >= 4 is 5.97 Å². The van der Waals surface area contributed by atoms with Gasteiger partial charge in [0.1, 0.15) is 0 Å². The summed E-state index contributed by atoms with van der Waals surface area (Å²) < 4.78 is 4.96. The summed E-state index contributed by atoms with van der Waals surface area (Å²) in [4.78, 5) is 12.1. The van der Waals surface area contributed by atoms with Gasteiger partial charge in [-0.25, -0.2) is 0 Å². The number of ether oxygens (including phenoxy) is 1. The van der Waals surface area contributed by atoms with Crippen LogP contribution in [0.3, 0.4) is 0 Å². The fourth-order valence-corrected chi connectivity index (χ4v) is 4.98. The molecular weight excluding hydrogens is 204 g/mol. The van der Waals surface area contributed by atoms with Gasteiger partial charge in [0, 0.05) is 0 Å². The molecule has 0 saturated heterocycles. The Morgan fingerprint density at radius 1 is 1.38 bits per heavy atom. The third kappa shape index (κ3) is 0.922. The van der Waals surface area contributed by atoms with Crippen LogP contribution in [0.4, 0.5) is 0 Å². The van der Waals surface area contributed by atoms with Gasteiger partial charge in [-0.3, -0.25) is 4.79 Å². The van der Waals surface area contributed by atoms with E-state index in [1.807, 2.05) is 0 Å². The third-order valence-corrected chi connectivity index (χ3v) is 5.69. The van der Waals surface area contributed by atoms with Crippen LogP contribution in [0, 0.1) is 23.2 Å². The molecular formula is C13H20O3. The van der Waals surface area contributed by atoms with Crippen molar-refractivity contribution in [2.75, 3.05) is 7.11 Å². The van der Waals surface area contributed by atoms with Gasteiger partial charge >= 0.3 is 5.97 Å². The van der Waals surface area contributed by atoms with Gasteiger partial charge in [0.05, 0.1) is 18.1 Å². The minimum Gasteiger partial charge on any atom is -0.469 e. The van der Waals surface area contributed by atoms with Crippen molar-refractivity contribution in [1.29, 1.82) is 0 Å². The van der Waals surface area contributed by atoms with Gasteiger partial charge in [-0.05, 0) is 49.9 Å². The highest BCUT2D eigenvalue weighted by molar-refractivity contribution is 5.79. The molecule has 0 aromatic heterocycles. The first-order valence-electron chi connectivity index (χ1n) is 6.36. The zero-order valence-corrected chi connectivity index (χ0v) is 10.0. The molecule has 0 radical (unpaired) electrons. The van der Waals surface area contributed by atoms with Gasteiger partial charge in [0.2, 0.25) is 0 Å². The van der Waals surface area contributed by atoms with E-state index in [9.17, 15) is 9.90 Å². The van der Waals surface area contributed by atoms with Crippen LogP contribution in [-0.2, 0) is 9.53 Å². The van der Waals surface area contributed by atoms with Gasteiger partial charge in [-0.15, -0.1) is 0 Å². The van der Waals surface area contributed by atoms with E-state index in [4.69, 9.17) is 4.74 Å². The Kier molecular flexibility index (Phi) is 1.99. The number of esters is 1. The molecule has 0 aromatic rings. The van der Waals surface area contributed by atoms with Gasteiger partial charge in [-0.1, -0.05) is 6.92 Å². The summed E-state index contributed by atoms with van der Waals surface area (Å²) >= 11 is 0. The van der Waals surface area contributed by atoms with Crippen molar-refractivity contribution in [2.45, 2.75) is 44.6 Å². The van der Waals surface area contributed by atoms with Crippen LogP contribution >= 0.6 is 0 Å². The lowest BCUT2D eigenvalue weighted by atomic mass is 9.64. The number of rotatable bonds is 1. The Morgan fingerprint density at radius 2 is 2.06 bits per heavy atom. The minimum atomic E-state index is -0.761. The second-order valence-corrected chi connectivity index (χ2v) is 6.03. The van der Waals surface area contributed by atoms with E-state index in [0.717, 1.165) is 32.1 Å². The molecule has 3 nitrogen and oxygen atoms in total. The summed E-state index contributed by atoms with van der Waals surface area (Å²) in [5, 5.41) is 10.9. The highest BCUT2D eigenvalue weighted by atomic mass is 16.5. The topological polar surface area (TPSA) is 46.5 Å².